The summed E-state index contributed by atoms with van der Waals surface area (Å²) in [7, 11) is 2.96. The third-order valence-electron chi connectivity index (χ3n) is 5.37. The van der Waals surface area contributed by atoms with Crippen molar-refractivity contribution in [1.82, 2.24) is 23.6 Å². The largest absolute Gasteiger partial charge is 0.508 e. The van der Waals surface area contributed by atoms with Crippen LogP contribution in [0.4, 0.5) is 5.69 Å². The molecule has 0 unspecified atom stereocenters. The van der Waals surface area contributed by atoms with Crippen LogP contribution in [-0.4, -0.2) is 60.8 Å². The molecule has 0 saturated carbocycles. The van der Waals surface area contributed by atoms with Crippen LogP contribution in [-0.2, 0) is 25.4 Å². The fraction of sp³-hybridized carbons (Fsp3) is 0.368. The topological polar surface area (TPSA) is 106 Å². The van der Waals surface area contributed by atoms with Crippen molar-refractivity contribution in [3.63, 3.8) is 0 Å². The van der Waals surface area contributed by atoms with E-state index in [-0.39, 0.29) is 29.4 Å². The lowest BCUT2D eigenvalue weighted by molar-refractivity contribution is -0.132. The number of phenols is 1. The molecular formula is C19H22N6O4. The molecule has 3 aromatic rings. The lowest BCUT2D eigenvalue weighted by Gasteiger charge is -2.36. The van der Waals surface area contributed by atoms with Crippen LogP contribution in [0.3, 0.4) is 0 Å². The van der Waals surface area contributed by atoms with E-state index in [2.05, 4.69) is 9.88 Å². The van der Waals surface area contributed by atoms with Crippen LogP contribution < -0.4 is 16.1 Å². The number of rotatable bonds is 3. The number of benzene rings is 1. The SMILES string of the molecule is Cn1c(=O)c2c(ncn2CC(=O)N2CCN(c3ccc(O)cc3)CC2)n(C)c1=O. The number of amides is 1. The number of nitrogens with zero attached hydrogens (tertiary/aromatic N) is 6. The highest BCUT2D eigenvalue weighted by Crippen LogP contribution is 2.20. The summed E-state index contributed by atoms with van der Waals surface area (Å²) in [5.41, 5.74) is 0.587. The molecule has 10 heteroatoms. The highest BCUT2D eigenvalue weighted by atomic mass is 16.3. The summed E-state index contributed by atoms with van der Waals surface area (Å²) in [6.45, 7) is 2.46. The highest BCUT2D eigenvalue weighted by molar-refractivity contribution is 5.79. The van der Waals surface area contributed by atoms with Gasteiger partial charge in [0.15, 0.2) is 11.2 Å². The maximum atomic E-state index is 12.8. The second-order valence-electron chi connectivity index (χ2n) is 7.13. The van der Waals surface area contributed by atoms with Gasteiger partial charge in [0.05, 0.1) is 6.33 Å². The Morgan fingerprint density at radius 3 is 2.34 bits per heavy atom. The average molecular weight is 398 g/mol. The predicted octanol–water partition coefficient (Wildman–Crippen LogP) is -0.512. The molecule has 0 radical (unpaired) electrons. The normalized spacial score (nSPS) is 14.6. The van der Waals surface area contributed by atoms with Crippen LogP contribution in [0.2, 0.25) is 0 Å². The average Bonchev–Trinajstić information content (AvgIpc) is 3.15. The molecule has 2 aromatic heterocycles. The lowest BCUT2D eigenvalue weighted by Crippen LogP contribution is -2.49. The maximum absolute atomic E-state index is 12.8. The van der Waals surface area contributed by atoms with Gasteiger partial charge in [-0.2, -0.15) is 0 Å². The molecular weight excluding hydrogens is 376 g/mol. The fourth-order valence-electron chi connectivity index (χ4n) is 3.64. The lowest BCUT2D eigenvalue weighted by atomic mass is 10.2. The monoisotopic (exact) mass is 398 g/mol. The number of aromatic nitrogens is 4. The first-order chi connectivity index (χ1) is 13.9. The predicted molar refractivity (Wildman–Crippen MR) is 107 cm³/mol. The number of carbonyl (C=O) groups is 1. The Hall–Kier alpha value is -3.56. The molecule has 152 valence electrons. The molecule has 1 aliphatic rings. The van der Waals surface area contributed by atoms with Gasteiger partial charge in [-0.25, -0.2) is 9.78 Å². The Morgan fingerprint density at radius 2 is 1.69 bits per heavy atom. The number of aromatic hydroxyl groups is 1. The van der Waals surface area contributed by atoms with Gasteiger partial charge in [0.1, 0.15) is 12.3 Å². The highest BCUT2D eigenvalue weighted by Gasteiger charge is 2.23. The van der Waals surface area contributed by atoms with E-state index in [1.54, 1.807) is 24.1 Å². The Labute approximate surface area is 165 Å². The fourth-order valence-corrected chi connectivity index (χ4v) is 3.64. The van der Waals surface area contributed by atoms with E-state index >= 15 is 0 Å². The molecule has 1 aliphatic heterocycles. The zero-order valence-corrected chi connectivity index (χ0v) is 16.3. The summed E-state index contributed by atoms with van der Waals surface area (Å²) in [4.78, 5) is 45.4. The maximum Gasteiger partial charge on any atom is 0.332 e. The van der Waals surface area contributed by atoms with Gasteiger partial charge in [-0.15, -0.1) is 0 Å². The van der Waals surface area contributed by atoms with Crippen molar-refractivity contribution in [2.45, 2.75) is 6.54 Å². The van der Waals surface area contributed by atoms with E-state index in [1.807, 2.05) is 12.1 Å². The smallest absolute Gasteiger partial charge is 0.332 e. The van der Waals surface area contributed by atoms with Gasteiger partial charge in [-0.3, -0.25) is 18.7 Å². The molecule has 29 heavy (non-hydrogen) atoms. The first-order valence-electron chi connectivity index (χ1n) is 9.29. The molecule has 0 spiro atoms. The second-order valence-corrected chi connectivity index (χ2v) is 7.13. The third kappa shape index (κ3) is 3.26. The van der Waals surface area contributed by atoms with Gasteiger partial charge in [-0.05, 0) is 24.3 Å². The molecule has 10 nitrogen and oxygen atoms in total. The Bertz CT molecular complexity index is 1180. The molecule has 0 aliphatic carbocycles. The van der Waals surface area contributed by atoms with Crippen LogP contribution in [0.1, 0.15) is 0 Å². The Balaban J connectivity index is 1.49. The molecule has 1 aromatic carbocycles. The minimum absolute atomic E-state index is 0.0108. The van der Waals surface area contributed by atoms with Crippen LogP contribution >= 0.6 is 0 Å². The summed E-state index contributed by atoms with van der Waals surface area (Å²) in [6.07, 6.45) is 1.43. The summed E-state index contributed by atoms with van der Waals surface area (Å²) in [5, 5.41) is 9.42. The van der Waals surface area contributed by atoms with Crippen molar-refractivity contribution in [2.24, 2.45) is 14.1 Å². The minimum Gasteiger partial charge on any atom is -0.508 e. The second kappa shape index (κ2) is 7.12. The van der Waals surface area contributed by atoms with Gasteiger partial charge in [0, 0.05) is 46.0 Å². The van der Waals surface area contributed by atoms with Crippen molar-refractivity contribution in [3.8, 4) is 5.75 Å². The van der Waals surface area contributed by atoms with E-state index in [0.29, 0.717) is 26.2 Å². The van der Waals surface area contributed by atoms with E-state index < -0.39 is 11.2 Å². The number of hydrogen-bond donors (Lipinski definition) is 1. The minimum atomic E-state index is -0.467. The molecule has 4 rings (SSSR count). The van der Waals surface area contributed by atoms with Crippen LogP contribution in [0.15, 0.2) is 40.2 Å². The summed E-state index contributed by atoms with van der Waals surface area (Å²) < 4.78 is 3.82. The molecule has 1 fully saturated rings. The number of carbonyl (C=O) groups excluding carboxylic acids is 1. The van der Waals surface area contributed by atoms with Gasteiger partial charge < -0.3 is 19.5 Å². The molecule has 1 saturated heterocycles. The molecule has 0 atom stereocenters. The van der Waals surface area contributed by atoms with Crippen LogP contribution in [0, 0.1) is 0 Å². The number of phenolic OH excluding ortho intramolecular Hbond substituents is 1. The standard InChI is InChI=1S/C19H22N6O4/c1-21-17-16(18(28)22(2)19(21)29)25(12-20-17)11-15(27)24-9-7-23(8-10-24)13-3-5-14(26)6-4-13/h3-6,12,26H,7-11H2,1-2H3. The van der Waals surface area contributed by atoms with Crippen molar-refractivity contribution in [2.75, 3.05) is 31.1 Å². The summed E-state index contributed by atoms with van der Waals surface area (Å²) in [5.74, 6) is 0.115. The van der Waals surface area contributed by atoms with Crippen molar-refractivity contribution >= 4 is 22.8 Å². The zero-order chi connectivity index (χ0) is 20.7. The van der Waals surface area contributed by atoms with Gasteiger partial charge in [0.2, 0.25) is 5.91 Å². The van der Waals surface area contributed by atoms with Crippen LogP contribution in [0.5, 0.6) is 5.75 Å². The number of fused-ring (bicyclic) bond motifs is 1. The van der Waals surface area contributed by atoms with E-state index in [9.17, 15) is 19.5 Å². The molecule has 3 heterocycles. The quantitative estimate of drug-likeness (QED) is 0.637. The van der Waals surface area contributed by atoms with Crippen molar-refractivity contribution in [1.29, 1.82) is 0 Å². The number of hydrogen-bond acceptors (Lipinski definition) is 6. The summed E-state index contributed by atoms with van der Waals surface area (Å²) in [6, 6.07) is 6.99. The zero-order valence-electron chi connectivity index (χ0n) is 16.3. The van der Waals surface area contributed by atoms with Gasteiger partial charge in [-0.1, -0.05) is 0 Å². The Morgan fingerprint density at radius 1 is 1.03 bits per heavy atom. The van der Waals surface area contributed by atoms with E-state index in [0.717, 1.165) is 10.3 Å². The number of imidazole rings is 1. The molecule has 1 amide bonds. The van der Waals surface area contributed by atoms with Crippen molar-refractivity contribution < 1.29 is 9.90 Å². The van der Waals surface area contributed by atoms with Crippen LogP contribution in [0.25, 0.3) is 11.2 Å². The van der Waals surface area contributed by atoms with E-state index in [1.165, 1.54) is 22.5 Å². The van der Waals surface area contributed by atoms with E-state index in [4.69, 9.17) is 0 Å². The Kier molecular flexibility index (Phi) is 4.61. The van der Waals surface area contributed by atoms with Crippen molar-refractivity contribution in [3.05, 3.63) is 51.4 Å². The number of piperazine rings is 1. The van der Waals surface area contributed by atoms with Gasteiger partial charge in [0.25, 0.3) is 5.56 Å². The first-order valence-corrected chi connectivity index (χ1v) is 9.29. The van der Waals surface area contributed by atoms with Gasteiger partial charge >= 0.3 is 5.69 Å². The number of anilines is 1. The number of aryl methyl sites for hydroxylation is 1. The third-order valence-corrected chi connectivity index (χ3v) is 5.37. The summed E-state index contributed by atoms with van der Waals surface area (Å²) >= 11 is 0. The first kappa shape index (κ1) is 18.8. The molecule has 1 N–H and O–H groups in total. The molecule has 0 bridgehead atoms.